The second-order valence-electron chi connectivity index (χ2n) is 4.33. The average Bonchev–Trinajstić information content (AvgIpc) is 2.42. The molecule has 2 aromatic heterocycles. The molecular weight excluding hydrogens is 276 g/mol. The predicted molar refractivity (Wildman–Crippen MR) is 76.5 cm³/mol. The minimum atomic E-state index is -3.65. The fourth-order valence-corrected chi connectivity index (χ4v) is 2.95. The zero-order valence-electron chi connectivity index (χ0n) is 11.1. The number of nitrogens with one attached hydrogen (secondary N) is 1. The lowest BCUT2D eigenvalue weighted by Crippen LogP contribution is -2.27. The lowest BCUT2D eigenvalue weighted by Gasteiger charge is -2.08. The maximum Gasteiger partial charge on any atom is 0.258 e. The van der Waals surface area contributed by atoms with E-state index < -0.39 is 10.0 Å². The zero-order chi connectivity index (χ0) is 14.6. The van der Waals surface area contributed by atoms with Gasteiger partial charge in [-0.2, -0.15) is 0 Å². The van der Waals surface area contributed by atoms with E-state index in [4.69, 9.17) is 5.73 Å². The Kier molecular flexibility index (Phi) is 4.31. The highest BCUT2D eigenvalue weighted by Crippen LogP contribution is 2.13. The van der Waals surface area contributed by atoms with Crippen molar-refractivity contribution in [1.82, 2.24) is 14.7 Å². The maximum absolute atomic E-state index is 12.1. The van der Waals surface area contributed by atoms with Crippen molar-refractivity contribution in [1.29, 1.82) is 0 Å². The van der Waals surface area contributed by atoms with Crippen LogP contribution in [0.25, 0.3) is 0 Å². The number of nitrogens with two attached hydrogens (primary N) is 1. The first-order chi connectivity index (χ1) is 9.49. The molecule has 0 aliphatic rings. The third-order valence-electron chi connectivity index (χ3n) is 2.73. The summed E-state index contributed by atoms with van der Waals surface area (Å²) in [6, 6.07) is 8.73. The third kappa shape index (κ3) is 3.52. The number of aryl methyl sites for hydroxylation is 1. The van der Waals surface area contributed by atoms with Gasteiger partial charge in [-0.3, -0.25) is 4.98 Å². The van der Waals surface area contributed by atoms with E-state index in [1.165, 1.54) is 0 Å². The van der Waals surface area contributed by atoms with Gasteiger partial charge in [0.1, 0.15) is 5.82 Å². The second kappa shape index (κ2) is 5.98. The Bertz CT molecular complexity index is 687. The van der Waals surface area contributed by atoms with Crippen LogP contribution in [-0.4, -0.2) is 24.9 Å². The van der Waals surface area contributed by atoms with Gasteiger partial charge in [-0.05, 0) is 30.7 Å². The molecule has 7 heteroatoms. The van der Waals surface area contributed by atoms with E-state index in [0.717, 1.165) is 5.69 Å². The summed E-state index contributed by atoms with van der Waals surface area (Å²) < 4.78 is 26.8. The van der Waals surface area contributed by atoms with E-state index in [1.54, 1.807) is 25.3 Å². The van der Waals surface area contributed by atoms with Crippen LogP contribution in [0.4, 0.5) is 5.82 Å². The van der Waals surface area contributed by atoms with E-state index in [0.29, 0.717) is 12.0 Å². The second-order valence-corrected chi connectivity index (χ2v) is 6.01. The molecule has 6 nitrogen and oxygen atoms in total. The summed E-state index contributed by atoms with van der Waals surface area (Å²) in [7, 11) is -3.65. The van der Waals surface area contributed by atoms with Gasteiger partial charge in [-0.15, -0.1) is 0 Å². The minimum Gasteiger partial charge on any atom is -0.384 e. The van der Waals surface area contributed by atoms with E-state index >= 15 is 0 Å². The van der Waals surface area contributed by atoms with Crippen LogP contribution >= 0.6 is 0 Å². The van der Waals surface area contributed by atoms with Crippen molar-refractivity contribution in [3.05, 3.63) is 47.8 Å². The Labute approximate surface area is 118 Å². The molecule has 0 aromatic carbocycles. The fraction of sp³-hybridized carbons (Fsp3) is 0.231. The molecule has 0 aliphatic carbocycles. The molecule has 2 aromatic rings. The molecule has 0 atom stereocenters. The molecule has 0 amide bonds. The van der Waals surface area contributed by atoms with Crippen molar-refractivity contribution in [2.45, 2.75) is 18.4 Å². The molecule has 0 bridgehead atoms. The van der Waals surface area contributed by atoms with Crippen LogP contribution in [0.2, 0.25) is 0 Å². The standard InChI is InChI=1S/C13H16N4O2S/c1-10-5-6-12(14)17-13(10)20(18,19)16-9-7-11-4-2-3-8-15-11/h2-6,8,16H,7,9H2,1H3,(H2,14,17). The van der Waals surface area contributed by atoms with Gasteiger partial charge in [-0.25, -0.2) is 18.1 Å². The number of nitrogens with zero attached hydrogens (tertiary/aromatic N) is 2. The summed E-state index contributed by atoms with van der Waals surface area (Å²) in [6.45, 7) is 1.94. The molecule has 0 radical (unpaired) electrons. The number of aromatic nitrogens is 2. The van der Waals surface area contributed by atoms with Gasteiger partial charge >= 0.3 is 0 Å². The van der Waals surface area contributed by atoms with Crippen LogP contribution in [-0.2, 0) is 16.4 Å². The van der Waals surface area contributed by atoms with Gasteiger partial charge in [0, 0.05) is 24.9 Å². The molecule has 3 N–H and O–H groups in total. The minimum absolute atomic E-state index is 0.0291. The Morgan fingerprint density at radius 3 is 2.75 bits per heavy atom. The van der Waals surface area contributed by atoms with Gasteiger partial charge in [0.25, 0.3) is 10.0 Å². The van der Waals surface area contributed by atoms with Gasteiger partial charge in [0.2, 0.25) is 0 Å². The summed E-state index contributed by atoms with van der Waals surface area (Å²) in [5.74, 6) is 0.181. The number of hydrogen-bond acceptors (Lipinski definition) is 5. The van der Waals surface area contributed by atoms with E-state index in [1.807, 2.05) is 18.2 Å². The number of nitrogen functional groups attached to an aromatic ring is 1. The summed E-state index contributed by atoms with van der Waals surface area (Å²) in [4.78, 5) is 8.01. The van der Waals surface area contributed by atoms with Crippen LogP contribution in [0, 0.1) is 6.92 Å². The Morgan fingerprint density at radius 1 is 1.25 bits per heavy atom. The van der Waals surface area contributed by atoms with Crippen LogP contribution < -0.4 is 10.5 Å². The zero-order valence-corrected chi connectivity index (χ0v) is 11.9. The number of pyridine rings is 2. The lowest BCUT2D eigenvalue weighted by atomic mass is 10.3. The van der Waals surface area contributed by atoms with E-state index in [2.05, 4.69) is 14.7 Å². The number of rotatable bonds is 5. The highest BCUT2D eigenvalue weighted by atomic mass is 32.2. The molecule has 0 saturated carbocycles. The van der Waals surface area contributed by atoms with Crippen LogP contribution in [0.1, 0.15) is 11.3 Å². The fourth-order valence-electron chi connectivity index (χ4n) is 1.72. The van der Waals surface area contributed by atoms with Crippen molar-refractivity contribution < 1.29 is 8.42 Å². The summed E-state index contributed by atoms with van der Waals surface area (Å²) in [6.07, 6.45) is 2.19. The molecule has 20 heavy (non-hydrogen) atoms. The summed E-state index contributed by atoms with van der Waals surface area (Å²) in [5.41, 5.74) is 6.92. The normalized spacial score (nSPS) is 11.4. The maximum atomic E-state index is 12.1. The quantitative estimate of drug-likeness (QED) is 0.852. The molecule has 2 rings (SSSR count). The lowest BCUT2D eigenvalue weighted by molar-refractivity contribution is 0.576. The third-order valence-corrected chi connectivity index (χ3v) is 4.23. The monoisotopic (exact) mass is 292 g/mol. The summed E-state index contributed by atoms with van der Waals surface area (Å²) >= 11 is 0. The molecule has 0 saturated heterocycles. The Morgan fingerprint density at radius 2 is 2.05 bits per heavy atom. The number of anilines is 1. The highest BCUT2D eigenvalue weighted by Gasteiger charge is 2.18. The molecule has 0 fully saturated rings. The number of hydrogen-bond donors (Lipinski definition) is 2. The SMILES string of the molecule is Cc1ccc(N)nc1S(=O)(=O)NCCc1ccccn1. The van der Waals surface area contributed by atoms with Crippen LogP contribution in [0.15, 0.2) is 41.6 Å². The van der Waals surface area contributed by atoms with E-state index in [9.17, 15) is 8.42 Å². The van der Waals surface area contributed by atoms with Crippen molar-refractivity contribution in [2.75, 3.05) is 12.3 Å². The predicted octanol–water partition coefficient (Wildman–Crippen LogP) is 0.888. The first kappa shape index (κ1) is 14.4. The average molecular weight is 292 g/mol. The molecule has 0 unspecified atom stereocenters. The summed E-state index contributed by atoms with van der Waals surface area (Å²) in [5, 5.41) is -0.0291. The first-order valence-corrected chi connectivity index (χ1v) is 7.60. The largest absolute Gasteiger partial charge is 0.384 e. The van der Waals surface area contributed by atoms with Crippen molar-refractivity contribution >= 4 is 15.8 Å². The first-order valence-electron chi connectivity index (χ1n) is 6.12. The molecular formula is C13H16N4O2S. The van der Waals surface area contributed by atoms with Crippen molar-refractivity contribution in [2.24, 2.45) is 0 Å². The van der Waals surface area contributed by atoms with Crippen LogP contribution in [0.3, 0.4) is 0 Å². The molecule has 2 heterocycles. The molecule has 106 valence electrons. The Balaban J connectivity index is 2.06. The van der Waals surface area contributed by atoms with Gasteiger partial charge in [-0.1, -0.05) is 12.1 Å². The number of sulfonamides is 1. The molecule has 0 aliphatic heterocycles. The molecule has 0 spiro atoms. The van der Waals surface area contributed by atoms with Crippen LogP contribution in [0.5, 0.6) is 0 Å². The van der Waals surface area contributed by atoms with Gasteiger partial charge < -0.3 is 5.73 Å². The van der Waals surface area contributed by atoms with Crippen molar-refractivity contribution in [3.63, 3.8) is 0 Å². The smallest absolute Gasteiger partial charge is 0.258 e. The topological polar surface area (TPSA) is 98.0 Å². The van der Waals surface area contributed by atoms with Gasteiger partial charge in [0.05, 0.1) is 0 Å². The van der Waals surface area contributed by atoms with Crippen molar-refractivity contribution in [3.8, 4) is 0 Å². The van der Waals surface area contributed by atoms with Gasteiger partial charge in [0.15, 0.2) is 5.03 Å². The van der Waals surface area contributed by atoms with E-state index in [-0.39, 0.29) is 17.4 Å². The Hall–Kier alpha value is -1.99. The highest BCUT2D eigenvalue weighted by molar-refractivity contribution is 7.89.